The Morgan fingerprint density at radius 3 is 2.75 bits per heavy atom. The van der Waals surface area contributed by atoms with Crippen LogP contribution in [0.15, 0.2) is 22.7 Å². The molecule has 0 aliphatic carbocycles. The highest BCUT2D eigenvalue weighted by molar-refractivity contribution is 9.10. The van der Waals surface area contributed by atoms with Gasteiger partial charge in [0.25, 0.3) is 0 Å². The fourth-order valence-electron chi connectivity index (χ4n) is 2.22. The van der Waals surface area contributed by atoms with Gasteiger partial charge in [-0.1, -0.05) is 6.07 Å². The van der Waals surface area contributed by atoms with Gasteiger partial charge in [0, 0.05) is 29.6 Å². The van der Waals surface area contributed by atoms with E-state index in [1.165, 1.54) is 15.7 Å². The minimum absolute atomic E-state index is 0.197. The van der Waals surface area contributed by atoms with Crippen LogP contribution in [-0.2, 0) is 0 Å². The molecule has 1 heterocycles. The molecule has 1 aromatic carbocycles. The monoisotopic (exact) mass is 282 g/mol. The van der Waals surface area contributed by atoms with Gasteiger partial charge in [0.2, 0.25) is 0 Å². The van der Waals surface area contributed by atoms with Crippen molar-refractivity contribution in [3.63, 3.8) is 0 Å². The molecule has 1 N–H and O–H groups in total. The van der Waals surface area contributed by atoms with E-state index in [1.54, 1.807) is 0 Å². The van der Waals surface area contributed by atoms with Crippen LogP contribution in [-0.4, -0.2) is 25.2 Å². The fraction of sp³-hybridized carbons (Fsp3) is 0.538. The molecule has 0 spiro atoms. The number of nitrogens with one attached hydrogen (secondary N) is 1. The molecule has 1 aliphatic heterocycles. The molecule has 0 bridgehead atoms. The molecule has 0 saturated carbocycles. The molecule has 1 aromatic rings. The SMILES string of the molecule is Cc1ccc(N2CCNC(C)(C)C2)c(Br)c1. The summed E-state index contributed by atoms with van der Waals surface area (Å²) in [6, 6.07) is 6.57. The van der Waals surface area contributed by atoms with Gasteiger partial charge in [-0.25, -0.2) is 0 Å². The summed E-state index contributed by atoms with van der Waals surface area (Å²) in [6.07, 6.45) is 0. The van der Waals surface area contributed by atoms with Crippen molar-refractivity contribution in [3.05, 3.63) is 28.2 Å². The van der Waals surface area contributed by atoms with Crippen molar-refractivity contribution >= 4 is 21.6 Å². The van der Waals surface area contributed by atoms with Crippen LogP contribution in [0.2, 0.25) is 0 Å². The van der Waals surface area contributed by atoms with Gasteiger partial charge in [0.1, 0.15) is 0 Å². The number of hydrogen-bond acceptors (Lipinski definition) is 2. The number of aryl methyl sites for hydroxylation is 1. The third kappa shape index (κ3) is 2.58. The van der Waals surface area contributed by atoms with E-state index in [1.807, 2.05) is 0 Å². The highest BCUT2D eigenvalue weighted by atomic mass is 79.9. The summed E-state index contributed by atoms with van der Waals surface area (Å²) in [4.78, 5) is 2.44. The van der Waals surface area contributed by atoms with Crippen LogP contribution in [0.4, 0.5) is 5.69 Å². The van der Waals surface area contributed by atoms with Crippen LogP contribution >= 0.6 is 15.9 Å². The summed E-state index contributed by atoms with van der Waals surface area (Å²) in [5, 5.41) is 3.53. The number of anilines is 1. The van der Waals surface area contributed by atoms with Gasteiger partial charge in [-0.2, -0.15) is 0 Å². The number of nitrogens with zero attached hydrogens (tertiary/aromatic N) is 1. The van der Waals surface area contributed by atoms with Gasteiger partial charge < -0.3 is 10.2 Å². The van der Waals surface area contributed by atoms with E-state index in [9.17, 15) is 0 Å². The zero-order chi connectivity index (χ0) is 11.8. The first-order valence-corrected chi connectivity index (χ1v) is 6.53. The molecule has 0 unspecified atom stereocenters. The van der Waals surface area contributed by atoms with Crippen LogP contribution in [0.1, 0.15) is 19.4 Å². The van der Waals surface area contributed by atoms with E-state index in [-0.39, 0.29) is 5.54 Å². The standard InChI is InChI=1S/C13H19BrN2/c1-10-4-5-12(11(14)8-10)16-7-6-15-13(2,3)9-16/h4-5,8,15H,6-7,9H2,1-3H3. The van der Waals surface area contributed by atoms with Crippen LogP contribution in [0.5, 0.6) is 0 Å². The van der Waals surface area contributed by atoms with E-state index < -0.39 is 0 Å². The average Bonchev–Trinajstić information content (AvgIpc) is 2.15. The Morgan fingerprint density at radius 1 is 1.38 bits per heavy atom. The Bertz CT molecular complexity index is 388. The highest BCUT2D eigenvalue weighted by Gasteiger charge is 2.26. The molecule has 0 amide bonds. The molecule has 0 radical (unpaired) electrons. The Hall–Kier alpha value is -0.540. The summed E-state index contributed by atoms with van der Waals surface area (Å²) in [5.74, 6) is 0. The molecule has 3 heteroatoms. The second kappa shape index (κ2) is 4.38. The van der Waals surface area contributed by atoms with Crippen molar-refractivity contribution in [2.24, 2.45) is 0 Å². The minimum Gasteiger partial charge on any atom is -0.368 e. The lowest BCUT2D eigenvalue weighted by Gasteiger charge is -2.40. The Balaban J connectivity index is 2.23. The molecule has 2 rings (SSSR count). The number of hydrogen-bond donors (Lipinski definition) is 1. The molecule has 88 valence electrons. The highest BCUT2D eigenvalue weighted by Crippen LogP contribution is 2.29. The summed E-state index contributed by atoms with van der Waals surface area (Å²) in [5.41, 5.74) is 2.80. The zero-order valence-electron chi connectivity index (χ0n) is 10.2. The van der Waals surface area contributed by atoms with Gasteiger partial charge in [0.15, 0.2) is 0 Å². The van der Waals surface area contributed by atoms with Gasteiger partial charge >= 0.3 is 0 Å². The fourth-order valence-corrected chi connectivity index (χ4v) is 2.96. The lowest BCUT2D eigenvalue weighted by atomic mass is 10.0. The summed E-state index contributed by atoms with van der Waals surface area (Å²) >= 11 is 3.66. The van der Waals surface area contributed by atoms with Crippen molar-refractivity contribution in [3.8, 4) is 0 Å². The summed E-state index contributed by atoms with van der Waals surface area (Å²) in [7, 11) is 0. The molecule has 0 atom stereocenters. The van der Waals surface area contributed by atoms with Crippen molar-refractivity contribution in [1.29, 1.82) is 0 Å². The van der Waals surface area contributed by atoms with E-state index in [0.29, 0.717) is 0 Å². The largest absolute Gasteiger partial charge is 0.368 e. The number of piperazine rings is 1. The molecular formula is C13H19BrN2. The molecule has 1 aliphatic rings. The molecule has 0 aromatic heterocycles. The smallest absolute Gasteiger partial charge is 0.0511 e. The second-order valence-corrected chi connectivity index (χ2v) is 6.04. The average molecular weight is 283 g/mol. The van der Waals surface area contributed by atoms with Crippen molar-refractivity contribution in [2.45, 2.75) is 26.3 Å². The molecule has 1 fully saturated rings. The quantitative estimate of drug-likeness (QED) is 0.852. The van der Waals surface area contributed by atoms with Crippen molar-refractivity contribution in [2.75, 3.05) is 24.5 Å². The van der Waals surface area contributed by atoms with Gasteiger partial charge in [-0.05, 0) is 54.4 Å². The molecular weight excluding hydrogens is 264 g/mol. The van der Waals surface area contributed by atoms with Crippen LogP contribution < -0.4 is 10.2 Å². The first-order valence-electron chi connectivity index (χ1n) is 5.74. The first-order chi connectivity index (χ1) is 7.48. The normalized spacial score (nSPS) is 19.9. The Morgan fingerprint density at radius 2 is 2.12 bits per heavy atom. The maximum atomic E-state index is 3.66. The first kappa shape index (κ1) is 11.9. The second-order valence-electron chi connectivity index (χ2n) is 5.19. The third-order valence-electron chi connectivity index (χ3n) is 3.02. The lowest BCUT2D eigenvalue weighted by Crippen LogP contribution is -2.57. The number of rotatable bonds is 1. The molecule has 2 nitrogen and oxygen atoms in total. The number of benzene rings is 1. The van der Waals surface area contributed by atoms with Crippen molar-refractivity contribution in [1.82, 2.24) is 5.32 Å². The van der Waals surface area contributed by atoms with E-state index in [0.717, 1.165) is 19.6 Å². The van der Waals surface area contributed by atoms with Crippen LogP contribution in [0.25, 0.3) is 0 Å². The predicted octanol–water partition coefficient (Wildman–Crippen LogP) is 2.95. The van der Waals surface area contributed by atoms with E-state index >= 15 is 0 Å². The Kier molecular flexibility index (Phi) is 3.27. The van der Waals surface area contributed by atoms with Crippen LogP contribution in [0.3, 0.4) is 0 Å². The minimum atomic E-state index is 0.197. The Labute approximate surface area is 106 Å². The van der Waals surface area contributed by atoms with Gasteiger partial charge in [-0.15, -0.1) is 0 Å². The summed E-state index contributed by atoms with van der Waals surface area (Å²) < 4.78 is 1.20. The molecule has 1 saturated heterocycles. The number of halogens is 1. The predicted molar refractivity (Wildman–Crippen MR) is 73.2 cm³/mol. The summed E-state index contributed by atoms with van der Waals surface area (Å²) in [6.45, 7) is 9.80. The third-order valence-corrected chi connectivity index (χ3v) is 3.65. The zero-order valence-corrected chi connectivity index (χ0v) is 11.8. The van der Waals surface area contributed by atoms with Crippen molar-refractivity contribution < 1.29 is 0 Å². The van der Waals surface area contributed by atoms with E-state index in [4.69, 9.17) is 0 Å². The topological polar surface area (TPSA) is 15.3 Å². The van der Waals surface area contributed by atoms with Crippen LogP contribution in [0, 0.1) is 6.92 Å². The van der Waals surface area contributed by atoms with Gasteiger partial charge in [-0.3, -0.25) is 0 Å². The lowest BCUT2D eigenvalue weighted by molar-refractivity contribution is 0.353. The maximum absolute atomic E-state index is 3.66. The molecule has 16 heavy (non-hydrogen) atoms. The van der Waals surface area contributed by atoms with E-state index in [2.05, 4.69) is 65.1 Å². The van der Waals surface area contributed by atoms with Gasteiger partial charge in [0.05, 0.1) is 5.69 Å². The maximum Gasteiger partial charge on any atom is 0.0511 e.